The molecule has 9 heteroatoms. The molecule has 0 saturated carbocycles. The number of aromatic amines is 1. The molecule has 2 aromatic carbocycles. The van der Waals surface area contributed by atoms with E-state index in [0.717, 1.165) is 22.3 Å². The molecule has 182 valence electrons. The van der Waals surface area contributed by atoms with Crippen LogP contribution in [0.5, 0.6) is 0 Å². The molecule has 0 saturated heterocycles. The van der Waals surface area contributed by atoms with Crippen LogP contribution in [0, 0.1) is 0 Å². The molecular formula is C28H22ClN7O. The van der Waals surface area contributed by atoms with Gasteiger partial charge < -0.3 is 20.9 Å². The highest BCUT2D eigenvalue weighted by Crippen LogP contribution is 2.29. The summed E-state index contributed by atoms with van der Waals surface area (Å²) in [5.41, 5.74) is 5.47. The molecule has 0 bridgehead atoms. The van der Waals surface area contributed by atoms with Crippen LogP contribution in [0.3, 0.4) is 0 Å². The lowest BCUT2D eigenvalue weighted by molar-refractivity contribution is 0.102. The molecule has 0 spiro atoms. The molecule has 3 aromatic heterocycles. The molecule has 0 fully saturated rings. The number of nitrogens with one attached hydrogen (secondary N) is 4. The topological polar surface area (TPSA) is 108 Å². The van der Waals surface area contributed by atoms with Gasteiger partial charge in [0.2, 0.25) is 5.95 Å². The fourth-order valence-electron chi connectivity index (χ4n) is 3.65. The SMILES string of the molecule is C=CC(=C)Nc1ccc(C(=O)Nc2cccc(Nc3ncc(Cl)c(-c4cnc5[nH]ccc5c4)n3)c2)cc1. The average molecular weight is 508 g/mol. The van der Waals surface area contributed by atoms with Crippen LogP contribution < -0.4 is 16.0 Å². The predicted octanol–water partition coefficient (Wildman–Crippen LogP) is 6.78. The first-order valence-electron chi connectivity index (χ1n) is 11.3. The zero-order valence-corrected chi connectivity index (χ0v) is 20.4. The third-order valence-corrected chi connectivity index (χ3v) is 5.77. The Labute approximate surface area is 218 Å². The van der Waals surface area contributed by atoms with Gasteiger partial charge in [-0.15, -0.1) is 0 Å². The molecule has 0 unspecified atom stereocenters. The number of pyridine rings is 1. The van der Waals surface area contributed by atoms with E-state index in [2.05, 4.69) is 49.0 Å². The number of anilines is 4. The molecule has 0 radical (unpaired) electrons. The van der Waals surface area contributed by atoms with Crippen LogP contribution in [-0.2, 0) is 0 Å². The van der Waals surface area contributed by atoms with Crippen molar-refractivity contribution in [2.45, 2.75) is 0 Å². The summed E-state index contributed by atoms with van der Waals surface area (Å²) in [6.07, 6.45) is 6.71. The molecule has 0 atom stereocenters. The summed E-state index contributed by atoms with van der Waals surface area (Å²) < 4.78 is 0. The Balaban J connectivity index is 1.30. The lowest BCUT2D eigenvalue weighted by Crippen LogP contribution is -2.12. The monoisotopic (exact) mass is 507 g/mol. The number of H-pyrrole nitrogens is 1. The molecule has 1 amide bonds. The maximum atomic E-state index is 12.8. The lowest BCUT2D eigenvalue weighted by atomic mass is 10.1. The molecular weight excluding hydrogens is 486 g/mol. The number of aromatic nitrogens is 4. The normalized spacial score (nSPS) is 10.6. The van der Waals surface area contributed by atoms with Gasteiger partial charge in [0, 0.05) is 51.7 Å². The second-order valence-corrected chi connectivity index (χ2v) is 8.53. The van der Waals surface area contributed by atoms with Crippen molar-refractivity contribution in [1.29, 1.82) is 0 Å². The predicted molar refractivity (Wildman–Crippen MR) is 149 cm³/mol. The van der Waals surface area contributed by atoms with E-state index in [1.165, 1.54) is 0 Å². The summed E-state index contributed by atoms with van der Waals surface area (Å²) in [5.74, 6) is 0.130. The number of rotatable bonds is 8. The molecule has 3 heterocycles. The van der Waals surface area contributed by atoms with Gasteiger partial charge in [0.25, 0.3) is 5.91 Å². The summed E-state index contributed by atoms with van der Waals surface area (Å²) in [6, 6.07) is 18.3. The number of benzene rings is 2. The van der Waals surface area contributed by atoms with Crippen LogP contribution >= 0.6 is 11.6 Å². The molecule has 0 aliphatic carbocycles. The van der Waals surface area contributed by atoms with Crippen molar-refractivity contribution in [3.8, 4) is 11.3 Å². The number of halogens is 1. The minimum absolute atomic E-state index is 0.232. The van der Waals surface area contributed by atoms with Crippen molar-refractivity contribution >= 4 is 51.6 Å². The summed E-state index contributed by atoms with van der Waals surface area (Å²) >= 11 is 6.39. The zero-order chi connectivity index (χ0) is 25.8. The maximum Gasteiger partial charge on any atom is 0.255 e. The molecule has 5 aromatic rings. The molecule has 5 rings (SSSR count). The Morgan fingerprint density at radius 3 is 2.57 bits per heavy atom. The Bertz CT molecular complexity index is 1630. The minimum Gasteiger partial charge on any atom is -0.356 e. The molecule has 8 nitrogen and oxygen atoms in total. The Morgan fingerprint density at radius 1 is 0.946 bits per heavy atom. The van der Waals surface area contributed by atoms with Crippen LogP contribution in [0.15, 0.2) is 104 Å². The van der Waals surface area contributed by atoms with Gasteiger partial charge in [-0.2, -0.15) is 0 Å². The third-order valence-electron chi connectivity index (χ3n) is 5.49. The second-order valence-electron chi connectivity index (χ2n) is 8.12. The Hall–Kier alpha value is -4.95. The van der Waals surface area contributed by atoms with Gasteiger partial charge in [-0.1, -0.05) is 30.8 Å². The van der Waals surface area contributed by atoms with Gasteiger partial charge in [0.05, 0.1) is 16.9 Å². The number of allylic oxidation sites excluding steroid dienone is 1. The number of hydrogen-bond donors (Lipinski definition) is 4. The smallest absolute Gasteiger partial charge is 0.255 e. The van der Waals surface area contributed by atoms with Gasteiger partial charge in [0.1, 0.15) is 5.65 Å². The Kier molecular flexibility index (Phi) is 6.65. The second kappa shape index (κ2) is 10.3. The summed E-state index contributed by atoms with van der Waals surface area (Å²) in [7, 11) is 0. The van der Waals surface area contributed by atoms with E-state index in [-0.39, 0.29) is 5.91 Å². The van der Waals surface area contributed by atoms with E-state index in [9.17, 15) is 4.79 Å². The van der Waals surface area contributed by atoms with E-state index >= 15 is 0 Å². The molecule has 0 aliphatic rings. The summed E-state index contributed by atoms with van der Waals surface area (Å²) in [4.78, 5) is 29.1. The van der Waals surface area contributed by atoms with E-state index in [0.29, 0.717) is 39.3 Å². The highest BCUT2D eigenvalue weighted by molar-refractivity contribution is 6.33. The number of fused-ring (bicyclic) bond motifs is 1. The molecule has 4 N–H and O–H groups in total. The van der Waals surface area contributed by atoms with Crippen molar-refractivity contribution in [2.75, 3.05) is 16.0 Å². The van der Waals surface area contributed by atoms with Crippen LogP contribution in [0.2, 0.25) is 5.02 Å². The standard InChI is InChI=1S/C28H22ClN7O/c1-3-17(2)33-21-9-7-18(8-10-21)27(37)34-22-5-4-6-23(14-22)35-28-32-16-24(29)25(36-28)20-13-19-11-12-30-26(19)31-15-20/h3-16,33H,1-2H2,(H,30,31)(H,34,37)(H,32,35,36). The lowest BCUT2D eigenvalue weighted by Gasteiger charge is -2.11. The summed E-state index contributed by atoms with van der Waals surface area (Å²) in [5, 5.41) is 10.5. The van der Waals surface area contributed by atoms with Gasteiger partial charge in [-0.05, 0) is 60.7 Å². The fraction of sp³-hybridized carbons (Fsp3) is 0. The van der Waals surface area contributed by atoms with Crippen molar-refractivity contribution in [1.82, 2.24) is 19.9 Å². The first-order valence-corrected chi connectivity index (χ1v) is 11.7. The van der Waals surface area contributed by atoms with Gasteiger partial charge >= 0.3 is 0 Å². The Morgan fingerprint density at radius 2 is 1.76 bits per heavy atom. The average Bonchev–Trinajstić information content (AvgIpc) is 3.38. The van der Waals surface area contributed by atoms with Crippen LogP contribution in [0.4, 0.5) is 23.0 Å². The van der Waals surface area contributed by atoms with E-state index < -0.39 is 0 Å². The van der Waals surface area contributed by atoms with E-state index in [1.54, 1.807) is 54.9 Å². The van der Waals surface area contributed by atoms with E-state index in [4.69, 9.17) is 11.6 Å². The molecule has 37 heavy (non-hydrogen) atoms. The number of amides is 1. The van der Waals surface area contributed by atoms with E-state index in [1.807, 2.05) is 30.5 Å². The maximum absolute atomic E-state index is 12.8. The van der Waals surface area contributed by atoms with Crippen LogP contribution in [0.25, 0.3) is 22.3 Å². The number of carbonyl (C=O) groups excluding carboxylic acids is 1. The first kappa shape index (κ1) is 23.8. The first-order chi connectivity index (χ1) is 18.0. The van der Waals surface area contributed by atoms with Crippen molar-refractivity contribution in [2.24, 2.45) is 0 Å². The number of hydrogen-bond acceptors (Lipinski definition) is 6. The van der Waals surface area contributed by atoms with Gasteiger partial charge in [-0.3, -0.25) is 4.79 Å². The third kappa shape index (κ3) is 5.50. The zero-order valence-electron chi connectivity index (χ0n) is 19.6. The van der Waals surface area contributed by atoms with Crippen LogP contribution in [-0.4, -0.2) is 25.8 Å². The van der Waals surface area contributed by atoms with Gasteiger partial charge in [-0.25, -0.2) is 15.0 Å². The number of nitrogens with zero attached hydrogens (tertiary/aromatic N) is 3. The fourth-order valence-corrected chi connectivity index (χ4v) is 3.85. The van der Waals surface area contributed by atoms with Crippen molar-refractivity contribution in [3.63, 3.8) is 0 Å². The van der Waals surface area contributed by atoms with Crippen molar-refractivity contribution < 1.29 is 4.79 Å². The number of carbonyl (C=O) groups is 1. The van der Waals surface area contributed by atoms with Crippen LogP contribution in [0.1, 0.15) is 10.4 Å². The van der Waals surface area contributed by atoms with Crippen molar-refractivity contribution in [3.05, 3.63) is 115 Å². The highest BCUT2D eigenvalue weighted by atomic mass is 35.5. The highest BCUT2D eigenvalue weighted by Gasteiger charge is 2.11. The van der Waals surface area contributed by atoms with Gasteiger partial charge in [0.15, 0.2) is 0 Å². The quantitative estimate of drug-likeness (QED) is 0.172. The largest absolute Gasteiger partial charge is 0.356 e. The molecule has 0 aliphatic heterocycles. The summed E-state index contributed by atoms with van der Waals surface area (Å²) in [6.45, 7) is 7.48. The minimum atomic E-state index is -0.232.